The predicted molar refractivity (Wildman–Crippen MR) is 122 cm³/mol. The van der Waals surface area contributed by atoms with Gasteiger partial charge in [0.05, 0.1) is 10.5 Å². The predicted octanol–water partition coefficient (Wildman–Crippen LogP) is 3.24. The van der Waals surface area contributed by atoms with Crippen LogP contribution in [0.25, 0.3) is 10.8 Å². The Morgan fingerprint density at radius 1 is 1.00 bits per heavy atom. The first-order valence-electron chi connectivity index (χ1n) is 10.7. The molecule has 1 N–H and O–H groups in total. The largest absolute Gasteiger partial charge is 0.336 e. The number of rotatable bonds is 6. The van der Waals surface area contributed by atoms with Crippen LogP contribution in [-0.2, 0) is 16.6 Å². The molecule has 1 aliphatic heterocycles. The van der Waals surface area contributed by atoms with E-state index in [0.717, 1.165) is 18.7 Å². The summed E-state index contributed by atoms with van der Waals surface area (Å²) in [5.41, 5.74) is 1.02. The third-order valence-electron chi connectivity index (χ3n) is 5.75. The van der Waals surface area contributed by atoms with Gasteiger partial charge in [-0.2, -0.15) is 0 Å². The lowest BCUT2D eigenvalue weighted by molar-refractivity contribution is 0.0624. The van der Waals surface area contributed by atoms with E-state index in [2.05, 4.69) is 40.0 Å². The summed E-state index contributed by atoms with van der Waals surface area (Å²) >= 11 is 0. The minimum absolute atomic E-state index is 0.112. The van der Waals surface area contributed by atoms with Gasteiger partial charge in [0.25, 0.3) is 5.91 Å². The van der Waals surface area contributed by atoms with Crippen LogP contribution in [0, 0.1) is 5.82 Å². The lowest BCUT2D eigenvalue weighted by Gasteiger charge is -2.35. The lowest BCUT2D eigenvalue weighted by Crippen LogP contribution is -2.48. The summed E-state index contributed by atoms with van der Waals surface area (Å²) in [4.78, 5) is 16.7. The van der Waals surface area contributed by atoms with Crippen molar-refractivity contribution in [1.82, 2.24) is 14.5 Å². The second-order valence-corrected chi connectivity index (χ2v) is 9.62. The molecule has 0 unspecified atom stereocenters. The first-order chi connectivity index (χ1) is 15.4. The van der Waals surface area contributed by atoms with Crippen LogP contribution in [-0.4, -0.2) is 56.8 Å². The minimum Gasteiger partial charge on any atom is -0.336 e. The van der Waals surface area contributed by atoms with Crippen LogP contribution in [0.3, 0.4) is 0 Å². The normalized spacial score (nSPS) is 15.2. The van der Waals surface area contributed by atoms with Gasteiger partial charge in [0.2, 0.25) is 10.0 Å². The van der Waals surface area contributed by atoms with Crippen molar-refractivity contribution >= 4 is 26.7 Å². The fraction of sp³-hybridized carbons (Fsp3) is 0.292. The summed E-state index contributed by atoms with van der Waals surface area (Å²) in [5.74, 6) is -1.20. The van der Waals surface area contributed by atoms with E-state index in [1.165, 1.54) is 22.4 Å². The SMILES string of the molecule is CCNS(=O)(=O)c1ccc(F)c(C(=O)N2CCN(Cc3cccc4ccccc34)CC2)c1. The maximum atomic E-state index is 14.4. The number of carbonyl (C=O) groups excluding carboxylic acids is 1. The standard InChI is InChI=1S/C24H26FN3O3S/c1-2-26-32(30,31)20-10-11-23(25)22(16-20)24(29)28-14-12-27(13-15-28)17-19-8-5-7-18-6-3-4-9-21(18)19/h3-11,16,26H,2,12-15,17H2,1H3. The number of hydrogen-bond acceptors (Lipinski definition) is 4. The Labute approximate surface area is 187 Å². The number of sulfonamides is 1. The van der Waals surface area contributed by atoms with Crippen molar-refractivity contribution < 1.29 is 17.6 Å². The van der Waals surface area contributed by atoms with Gasteiger partial charge in [-0.05, 0) is 34.5 Å². The Hall–Kier alpha value is -2.81. The summed E-state index contributed by atoms with van der Waals surface area (Å²) in [7, 11) is -3.77. The van der Waals surface area contributed by atoms with Crippen molar-refractivity contribution in [1.29, 1.82) is 0 Å². The highest BCUT2D eigenvalue weighted by Crippen LogP contribution is 2.22. The van der Waals surface area contributed by atoms with Gasteiger partial charge in [0, 0.05) is 39.3 Å². The number of carbonyl (C=O) groups is 1. The molecule has 0 aromatic heterocycles. The zero-order valence-electron chi connectivity index (χ0n) is 17.9. The number of hydrogen-bond donors (Lipinski definition) is 1. The van der Waals surface area contributed by atoms with E-state index >= 15 is 0 Å². The zero-order chi connectivity index (χ0) is 22.7. The van der Waals surface area contributed by atoms with E-state index < -0.39 is 21.7 Å². The molecule has 1 heterocycles. The van der Waals surface area contributed by atoms with Crippen LogP contribution in [0.2, 0.25) is 0 Å². The Bertz CT molecular complexity index is 1230. The number of nitrogens with zero attached hydrogens (tertiary/aromatic N) is 2. The first-order valence-corrected chi connectivity index (χ1v) is 12.1. The molecule has 4 rings (SSSR count). The van der Waals surface area contributed by atoms with Crippen molar-refractivity contribution in [3.63, 3.8) is 0 Å². The highest BCUT2D eigenvalue weighted by Gasteiger charge is 2.26. The van der Waals surface area contributed by atoms with E-state index in [1.54, 1.807) is 11.8 Å². The van der Waals surface area contributed by atoms with Gasteiger partial charge in [0.1, 0.15) is 5.82 Å². The van der Waals surface area contributed by atoms with Crippen LogP contribution in [0.5, 0.6) is 0 Å². The van der Waals surface area contributed by atoms with E-state index in [9.17, 15) is 17.6 Å². The Kier molecular flexibility index (Phi) is 6.55. The molecule has 3 aromatic rings. The molecular weight excluding hydrogens is 429 g/mol. The number of piperazine rings is 1. The molecular formula is C24H26FN3O3S. The van der Waals surface area contributed by atoms with E-state index in [4.69, 9.17) is 0 Å². The molecule has 6 nitrogen and oxygen atoms in total. The Morgan fingerprint density at radius 3 is 2.47 bits per heavy atom. The Morgan fingerprint density at radius 2 is 1.72 bits per heavy atom. The van der Waals surface area contributed by atoms with Gasteiger partial charge in [-0.3, -0.25) is 9.69 Å². The molecule has 3 aromatic carbocycles. The smallest absolute Gasteiger partial charge is 0.256 e. The van der Waals surface area contributed by atoms with Gasteiger partial charge in [-0.25, -0.2) is 17.5 Å². The van der Waals surface area contributed by atoms with Crippen molar-refractivity contribution in [2.75, 3.05) is 32.7 Å². The molecule has 0 atom stereocenters. The lowest BCUT2D eigenvalue weighted by atomic mass is 10.0. The van der Waals surface area contributed by atoms with Crippen LogP contribution < -0.4 is 4.72 Å². The van der Waals surface area contributed by atoms with Gasteiger partial charge in [0.15, 0.2) is 0 Å². The molecule has 0 bridgehead atoms. The van der Waals surface area contributed by atoms with E-state index in [1.807, 2.05) is 12.1 Å². The van der Waals surface area contributed by atoms with Gasteiger partial charge in [-0.1, -0.05) is 49.4 Å². The fourth-order valence-corrected chi connectivity index (χ4v) is 5.13. The molecule has 168 valence electrons. The summed E-state index contributed by atoms with van der Waals surface area (Å²) < 4.78 is 41.2. The van der Waals surface area contributed by atoms with Crippen molar-refractivity contribution in [3.05, 3.63) is 77.6 Å². The molecule has 32 heavy (non-hydrogen) atoms. The Balaban J connectivity index is 1.45. The zero-order valence-corrected chi connectivity index (χ0v) is 18.7. The average Bonchev–Trinajstić information content (AvgIpc) is 2.79. The molecule has 1 amide bonds. The average molecular weight is 456 g/mol. The highest BCUT2D eigenvalue weighted by molar-refractivity contribution is 7.89. The maximum Gasteiger partial charge on any atom is 0.256 e. The van der Waals surface area contributed by atoms with Crippen molar-refractivity contribution in [3.8, 4) is 0 Å². The summed E-state index contributed by atoms with van der Waals surface area (Å²) in [6, 6.07) is 17.8. The fourth-order valence-electron chi connectivity index (χ4n) is 4.06. The van der Waals surface area contributed by atoms with Crippen LogP contribution in [0.4, 0.5) is 4.39 Å². The van der Waals surface area contributed by atoms with Crippen LogP contribution >= 0.6 is 0 Å². The van der Waals surface area contributed by atoms with Crippen LogP contribution in [0.1, 0.15) is 22.8 Å². The van der Waals surface area contributed by atoms with Crippen LogP contribution in [0.15, 0.2) is 65.6 Å². The quantitative estimate of drug-likeness (QED) is 0.620. The number of halogens is 1. The third-order valence-corrected chi connectivity index (χ3v) is 7.29. The summed E-state index contributed by atoms with van der Waals surface area (Å²) in [6.45, 7) is 4.86. The van der Waals surface area contributed by atoms with E-state index in [-0.39, 0.29) is 17.0 Å². The molecule has 1 fully saturated rings. The number of benzene rings is 3. The maximum absolute atomic E-state index is 14.4. The number of nitrogens with one attached hydrogen (secondary N) is 1. The molecule has 0 saturated carbocycles. The van der Waals surface area contributed by atoms with Gasteiger partial charge >= 0.3 is 0 Å². The van der Waals surface area contributed by atoms with Crippen molar-refractivity contribution in [2.45, 2.75) is 18.4 Å². The summed E-state index contributed by atoms with van der Waals surface area (Å²) in [6.07, 6.45) is 0. The molecule has 0 spiro atoms. The topological polar surface area (TPSA) is 69.7 Å². The van der Waals surface area contributed by atoms with E-state index in [0.29, 0.717) is 26.2 Å². The molecule has 0 radical (unpaired) electrons. The third kappa shape index (κ3) is 4.67. The molecule has 1 saturated heterocycles. The van der Waals surface area contributed by atoms with Crippen molar-refractivity contribution in [2.24, 2.45) is 0 Å². The molecule has 0 aliphatic carbocycles. The molecule has 1 aliphatic rings. The second-order valence-electron chi connectivity index (χ2n) is 7.85. The molecule has 8 heteroatoms. The van der Waals surface area contributed by atoms with Gasteiger partial charge < -0.3 is 4.90 Å². The minimum atomic E-state index is -3.77. The second kappa shape index (κ2) is 9.36. The monoisotopic (exact) mass is 455 g/mol. The summed E-state index contributed by atoms with van der Waals surface area (Å²) in [5, 5.41) is 2.41. The first kappa shape index (κ1) is 22.4. The number of fused-ring (bicyclic) bond motifs is 1. The number of amides is 1. The van der Waals surface area contributed by atoms with Gasteiger partial charge in [-0.15, -0.1) is 0 Å². The highest BCUT2D eigenvalue weighted by atomic mass is 32.2.